The Morgan fingerprint density at radius 3 is 2.44 bits per heavy atom. The molecule has 0 bridgehead atoms. The van der Waals surface area contributed by atoms with Gasteiger partial charge >= 0.3 is 0 Å². The van der Waals surface area contributed by atoms with Gasteiger partial charge in [-0.3, -0.25) is 9.69 Å². The van der Waals surface area contributed by atoms with Gasteiger partial charge in [-0.15, -0.1) is 0 Å². The number of benzene rings is 1. The van der Waals surface area contributed by atoms with Gasteiger partial charge in [0.2, 0.25) is 5.91 Å². The van der Waals surface area contributed by atoms with Gasteiger partial charge in [0.05, 0.1) is 12.6 Å². The van der Waals surface area contributed by atoms with E-state index in [9.17, 15) is 4.79 Å². The van der Waals surface area contributed by atoms with Gasteiger partial charge in [-0.1, -0.05) is 32.0 Å². The van der Waals surface area contributed by atoms with Crippen molar-refractivity contribution in [2.75, 3.05) is 37.6 Å². The molecule has 4 rings (SSSR count). The van der Waals surface area contributed by atoms with Crippen LogP contribution >= 0.6 is 0 Å². The minimum atomic E-state index is 0.0365. The van der Waals surface area contributed by atoms with Crippen molar-refractivity contribution in [1.29, 1.82) is 0 Å². The first-order chi connectivity index (χ1) is 15.4. The zero-order valence-electron chi connectivity index (χ0n) is 20.0. The zero-order chi connectivity index (χ0) is 22.7. The quantitative estimate of drug-likeness (QED) is 0.748. The van der Waals surface area contributed by atoms with Crippen LogP contribution in [0.15, 0.2) is 24.3 Å². The lowest BCUT2D eigenvalue weighted by molar-refractivity contribution is -0.123. The number of nitrogens with zero attached hydrogens (tertiary/aromatic N) is 4. The second kappa shape index (κ2) is 9.99. The summed E-state index contributed by atoms with van der Waals surface area (Å²) in [6, 6.07) is 8.84. The van der Waals surface area contributed by atoms with Crippen molar-refractivity contribution >= 4 is 11.7 Å². The molecule has 32 heavy (non-hydrogen) atoms. The molecule has 1 aliphatic heterocycles. The van der Waals surface area contributed by atoms with Crippen molar-refractivity contribution in [2.24, 2.45) is 0 Å². The van der Waals surface area contributed by atoms with Gasteiger partial charge in [-0.2, -0.15) is 0 Å². The number of aryl methyl sites for hydroxylation is 3. The fourth-order valence-corrected chi connectivity index (χ4v) is 4.73. The van der Waals surface area contributed by atoms with Crippen molar-refractivity contribution in [1.82, 2.24) is 20.2 Å². The Labute approximate surface area is 192 Å². The summed E-state index contributed by atoms with van der Waals surface area (Å²) in [4.78, 5) is 26.6. The summed E-state index contributed by atoms with van der Waals surface area (Å²) in [7, 11) is 0. The van der Waals surface area contributed by atoms with Crippen LogP contribution in [0, 0.1) is 6.92 Å². The number of aromatic nitrogens is 2. The molecule has 1 aromatic carbocycles. The Bertz CT molecular complexity index is 949. The fourth-order valence-electron chi connectivity index (χ4n) is 4.73. The molecular formula is C26H37N5O. The molecule has 1 saturated heterocycles. The van der Waals surface area contributed by atoms with E-state index in [1.165, 1.54) is 42.4 Å². The predicted molar refractivity (Wildman–Crippen MR) is 129 cm³/mol. The van der Waals surface area contributed by atoms with Gasteiger partial charge in [-0.25, -0.2) is 9.97 Å². The summed E-state index contributed by atoms with van der Waals surface area (Å²) in [6.07, 6.45) is 4.92. The van der Waals surface area contributed by atoms with Crippen LogP contribution in [-0.4, -0.2) is 53.5 Å². The van der Waals surface area contributed by atoms with E-state index in [1.54, 1.807) is 0 Å². The van der Waals surface area contributed by atoms with Crippen LogP contribution in [0.3, 0.4) is 0 Å². The van der Waals surface area contributed by atoms with Crippen LogP contribution in [0.1, 0.15) is 73.8 Å². The number of carbonyl (C=O) groups excluding carboxylic acids is 1. The highest BCUT2D eigenvalue weighted by atomic mass is 16.2. The van der Waals surface area contributed by atoms with E-state index in [4.69, 9.17) is 4.98 Å². The predicted octanol–water partition coefficient (Wildman–Crippen LogP) is 3.79. The molecule has 0 saturated carbocycles. The molecule has 2 aromatic rings. The van der Waals surface area contributed by atoms with Gasteiger partial charge in [-0.05, 0) is 56.2 Å². The maximum absolute atomic E-state index is 12.7. The molecule has 6 heteroatoms. The summed E-state index contributed by atoms with van der Waals surface area (Å²) in [6.45, 7) is 12.3. The second-order valence-corrected chi connectivity index (χ2v) is 9.67. The first-order valence-electron chi connectivity index (χ1n) is 12.1. The lowest BCUT2D eigenvalue weighted by atomic mass is 9.89. The maximum Gasteiger partial charge on any atom is 0.234 e. The third kappa shape index (κ3) is 5.47. The Kier molecular flexibility index (Phi) is 7.09. The molecule has 1 aromatic heterocycles. The summed E-state index contributed by atoms with van der Waals surface area (Å²) >= 11 is 0. The molecule has 0 radical (unpaired) electrons. The SMILES string of the molecule is Cc1cc(N2CCN(CC(=O)N[C@@H](C)c3ccc4c(c3)CCCC4)CC2)nc(C(C)C)n1. The number of piperazine rings is 1. The van der Waals surface area contributed by atoms with Gasteiger partial charge in [0.1, 0.15) is 11.6 Å². The van der Waals surface area contributed by atoms with Crippen LogP contribution in [0.4, 0.5) is 5.82 Å². The first kappa shape index (κ1) is 22.7. The van der Waals surface area contributed by atoms with Crippen molar-refractivity contribution < 1.29 is 4.79 Å². The molecule has 1 fully saturated rings. The lowest BCUT2D eigenvalue weighted by Gasteiger charge is -2.35. The van der Waals surface area contributed by atoms with E-state index >= 15 is 0 Å². The number of hydrogen-bond acceptors (Lipinski definition) is 5. The van der Waals surface area contributed by atoms with E-state index in [-0.39, 0.29) is 11.9 Å². The molecular weight excluding hydrogens is 398 g/mol. The standard InChI is InChI=1S/C26H37N5O/c1-18(2)26-27-19(3)15-24(29-26)31-13-11-30(12-14-31)17-25(32)28-20(4)22-10-9-21-7-5-6-8-23(21)16-22/h9-10,15-16,18,20H,5-8,11-14,17H2,1-4H3,(H,28,32)/t20-/m0/s1. The van der Waals surface area contributed by atoms with Crippen LogP contribution in [0.25, 0.3) is 0 Å². The van der Waals surface area contributed by atoms with E-state index < -0.39 is 0 Å². The minimum Gasteiger partial charge on any atom is -0.354 e. The third-order valence-corrected chi connectivity index (χ3v) is 6.69. The third-order valence-electron chi connectivity index (χ3n) is 6.69. The van der Waals surface area contributed by atoms with E-state index in [0.29, 0.717) is 12.5 Å². The molecule has 1 N–H and O–H groups in total. The van der Waals surface area contributed by atoms with Crippen molar-refractivity contribution in [2.45, 2.75) is 65.3 Å². The Morgan fingerprint density at radius 2 is 1.72 bits per heavy atom. The van der Waals surface area contributed by atoms with Crippen LogP contribution in [0.5, 0.6) is 0 Å². The van der Waals surface area contributed by atoms with Crippen LogP contribution in [0.2, 0.25) is 0 Å². The fraction of sp³-hybridized carbons (Fsp3) is 0.577. The summed E-state index contributed by atoms with van der Waals surface area (Å²) in [5.41, 5.74) is 5.17. The average molecular weight is 436 g/mol. The number of rotatable bonds is 6. The maximum atomic E-state index is 12.7. The second-order valence-electron chi connectivity index (χ2n) is 9.67. The van der Waals surface area contributed by atoms with Crippen molar-refractivity contribution in [3.8, 4) is 0 Å². The summed E-state index contributed by atoms with van der Waals surface area (Å²) in [5, 5.41) is 3.21. The highest BCUT2D eigenvalue weighted by Crippen LogP contribution is 2.25. The molecule has 0 spiro atoms. The van der Waals surface area contributed by atoms with Crippen molar-refractivity contribution in [3.05, 3.63) is 52.5 Å². The summed E-state index contributed by atoms with van der Waals surface area (Å²) < 4.78 is 0. The normalized spacial score (nSPS) is 17.8. The number of nitrogens with one attached hydrogen (secondary N) is 1. The number of carbonyl (C=O) groups is 1. The molecule has 1 amide bonds. The smallest absolute Gasteiger partial charge is 0.234 e. The Balaban J connectivity index is 1.28. The highest BCUT2D eigenvalue weighted by molar-refractivity contribution is 5.78. The topological polar surface area (TPSA) is 61.4 Å². The molecule has 2 heterocycles. The molecule has 1 aliphatic carbocycles. The lowest BCUT2D eigenvalue weighted by Crippen LogP contribution is -2.50. The number of anilines is 1. The van der Waals surface area contributed by atoms with Crippen LogP contribution < -0.4 is 10.2 Å². The number of hydrogen-bond donors (Lipinski definition) is 1. The zero-order valence-corrected chi connectivity index (χ0v) is 20.0. The summed E-state index contributed by atoms with van der Waals surface area (Å²) in [5.74, 6) is 2.32. The van der Waals surface area contributed by atoms with Crippen molar-refractivity contribution in [3.63, 3.8) is 0 Å². The van der Waals surface area contributed by atoms with Gasteiger partial charge in [0, 0.05) is 43.9 Å². The first-order valence-corrected chi connectivity index (χ1v) is 12.1. The number of amides is 1. The Hall–Kier alpha value is -2.47. The number of fused-ring (bicyclic) bond motifs is 1. The molecule has 1 atom stereocenters. The molecule has 6 nitrogen and oxygen atoms in total. The minimum absolute atomic E-state index is 0.0365. The highest BCUT2D eigenvalue weighted by Gasteiger charge is 2.22. The van der Waals surface area contributed by atoms with E-state index in [1.807, 2.05) is 6.92 Å². The largest absolute Gasteiger partial charge is 0.354 e. The van der Waals surface area contributed by atoms with Gasteiger partial charge in [0.25, 0.3) is 0 Å². The Morgan fingerprint density at radius 1 is 1.00 bits per heavy atom. The molecule has 0 unspecified atom stereocenters. The van der Waals surface area contributed by atoms with E-state index in [2.05, 4.69) is 65.1 Å². The monoisotopic (exact) mass is 435 g/mol. The van der Waals surface area contributed by atoms with Crippen LogP contribution in [-0.2, 0) is 17.6 Å². The molecule has 2 aliphatic rings. The average Bonchev–Trinajstić information content (AvgIpc) is 2.78. The van der Waals surface area contributed by atoms with Gasteiger partial charge < -0.3 is 10.2 Å². The van der Waals surface area contributed by atoms with Gasteiger partial charge in [0.15, 0.2) is 0 Å². The molecule has 172 valence electrons. The van der Waals surface area contributed by atoms with E-state index in [0.717, 1.165) is 43.5 Å².